The Morgan fingerprint density at radius 2 is 1.69 bits per heavy atom. The van der Waals surface area contributed by atoms with E-state index in [-0.39, 0.29) is 5.75 Å². The van der Waals surface area contributed by atoms with E-state index in [0.29, 0.717) is 5.41 Å². The van der Waals surface area contributed by atoms with Crippen LogP contribution in [0.5, 0.6) is 5.75 Å². The molecule has 0 N–H and O–H groups in total. The van der Waals surface area contributed by atoms with E-state index in [4.69, 9.17) is 0 Å². The maximum absolute atomic E-state index is 12.1. The quantitative estimate of drug-likeness (QED) is 0.776. The van der Waals surface area contributed by atoms with Gasteiger partial charge in [0.15, 0.2) is 0 Å². The summed E-state index contributed by atoms with van der Waals surface area (Å²) in [6.45, 7) is 2.99. The molecule has 0 atom stereocenters. The maximum Gasteiger partial charge on any atom is 0.416 e. The van der Waals surface area contributed by atoms with Gasteiger partial charge < -0.3 is 4.18 Å². The Kier molecular flexibility index (Phi) is 3.27. The van der Waals surface area contributed by atoms with Crippen LogP contribution in [-0.2, 0) is 16.3 Å². The molecular weight excluding hydrogens is 245 g/mol. The first-order valence-corrected chi connectivity index (χ1v) is 5.46. The minimum atomic E-state index is -4.46. The van der Waals surface area contributed by atoms with Gasteiger partial charge in [-0.2, -0.15) is 21.6 Å². The maximum atomic E-state index is 12.1. The fourth-order valence-corrected chi connectivity index (χ4v) is 1.32. The summed E-state index contributed by atoms with van der Waals surface area (Å²) in [6.07, 6.45) is -4.46. The number of halogens is 3. The van der Waals surface area contributed by atoms with E-state index in [0.717, 1.165) is 24.3 Å². The van der Waals surface area contributed by atoms with Crippen molar-refractivity contribution in [2.75, 3.05) is 0 Å². The molecule has 0 fully saturated rings. The molecule has 0 saturated carbocycles. The Hall–Kier alpha value is -1.50. The second kappa shape index (κ2) is 4.17. The third-order valence-electron chi connectivity index (χ3n) is 1.60. The zero-order valence-electron chi connectivity index (χ0n) is 7.86. The monoisotopic (exact) mass is 252 g/mol. The molecule has 1 aromatic rings. The average molecular weight is 252 g/mol. The second-order valence-electron chi connectivity index (χ2n) is 2.76. The normalized spacial score (nSPS) is 12.2. The summed E-state index contributed by atoms with van der Waals surface area (Å²) in [5.41, 5.74) is -0.879. The third-order valence-corrected chi connectivity index (χ3v) is 2.43. The lowest BCUT2D eigenvalue weighted by Crippen LogP contribution is -2.06. The molecule has 0 aliphatic rings. The predicted octanol–water partition coefficient (Wildman–Crippen LogP) is 2.56. The van der Waals surface area contributed by atoms with Crippen molar-refractivity contribution >= 4 is 10.1 Å². The molecule has 1 rings (SSSR count). The fraction of sp³-hybridized carbons (Fsp3) is 0.111. The molecule has 0 aromatic heterocycles. The fourth-order valence-electron chi connectivity index (χ4n) is 0.868. The molecule has 0 amide bonds. The Bertz CT molecular complexity index is 474. The standard InChI is InChI=1S/C9H7F3O3S/c1-2-16(13,14)15-8-5-3-7(4-6-8)9(10,11)12/h2-6H,1H2. The highest BCUT2D eigenvalue weighted by Gasteiger charge is 2.30. The number of hydrogen-bond acceptors (Lipinski definition) is 3. The molecule has 7 heteroatoms. The van der Waals surface area contributed by atoms with Gasteiger partial charge in [-0.1, -0.05) is 6.58 Å². The van der Waals surface area contributed by atoms with Crippen molar-refractivity contribution in [1.29, 1.82) is 0 Å². The van der Waals surface area contributed by atoms with Crippen LogP contribution in [0.15, 0.2) is 36.3 Å². The Morgan fingerprint density at radius 3 is 2.06 bits per heavy atom. The lowest BCUT2D eigenvalue weighted by Gasteiger charge is -2.07. The molecule has 0 spiro atoms. The van der Waals surface area contributed by atoms with Crippen LogP contribution in [0.25, 0.3) is 0 Å². The highest BCUT2D eigenvalue weighted by atomic mass is 32.2. The molecule has 0 unspecified atom stereocenters. The first kappa shape index (κ1) is 12.6. The van der Waals surface area contributed by atoms with E-state index in [1.54, 1.807) is 0 Å². The number of hydrogen-bond donors (Lipinski definition) is 0. The van der Waals surface area contributed by atoms with E-state index in [1.807, 2.05) is 0 Å². The molecule has 0 heterocycles. The van der Waals surface area contributed by atoms with Crippen molar-refractivity contribution < 1.29 is 25.8 Å². The second-order valence-corrected chi connectivity index (χ2v) is 4.25. The molecule has 0 aliphatic heterocycles. The summed E-state index contributed by atoms with van der Waals surface area (Å²) < 4.78 is 62.6. The Labute approximate surface area is 90.3 Å². The molecule has 88 valence electrons. The van der Waals surface area contributed by atoms with Gasteiger partial charge in [0, 0.05) is 0 Å². The lowest BCUT2D eigenvalue weighted by atomic mass is 10.2. The third kappa shape index (κ3) is 3.27. The molecule has 0 saturated heterocycles. The topological polar surface area (TPSA) is 43.4 Å². The van der Waals surface area contributed by atoms with Crippen LogP contribution >= 0.6 is 0 Å². The first-order chi connectivity index (χ1) is 7.24. The number of alkyl halides is 3. The first-order valence-electron chi connectivity index (χ1n) is 3.99. The van der Waals surface area contributed by atoms with Gasteiger partial charge in [-0.3, -0.25) is 0 Å². The van der Waals surface area contributed by atoms with Crippen molar-refractivity contribution in [3.63, 3.8) is 0 Å². The van der Waals surface area contributed by atoms with Crippen molar-refractivity contribution in [2.24, 2.45) is 0 Å². The van der Waals surface area contributed by atoms with Crippen molar-refractivity contribution in [2.45, 2.75) is 6.18 Å². The molecule has 16 heavy (non-hydrogen) atoms. The van der Waals surface area contributed by atoms with Gasteiger partial charge >= 0.3 is 16.3 Å². The Morgan fingerprint density at radius 1 is 1.19 bits per heavy atom. The number of rotatable bonds is 3. The van der Waals surface area contributed by atoms with Gasteiger partial charge in [0.2, 0.25) is 0 Å². The van der Waals surface area contributed by atoms with Gasteiger partial charge in [0.1, 0.15) is 5.75 Å². The molecule has 1 aromatic carbocycles. The zero-order chi connectivity index (χ0) is 12.4. The van der Waals surface area contributed by atoms with E-state index in [1.165, 1.54) is 0 Å². The summed E-state index contributed by atoms with van der Waals surface area (Å²) >= 11 is 0. The van der Waals surface area contributed by atoms with Crippen LogP contribution in [0, 0.1) is 0 Å². The molecule has 0 aliphatic carbocycles. The van der Waals surface area contributed by atoms with Crippen LogP contribution in [-0.4, -0.2) is 8.42 Å². The summed E-state index contributed by atoms with van der Waals surface area (Å²) in [5, 5.41) is 0.560. The van der Waals surface area contributed by atoms with Crippen LogP contribution < -0.4 is 4.18 Å². The van der Waals surface area contributed by atoms with Gasteiger partial charge in [0.05, 0.1) is 11.0 Å². The van der Waals surface area contributed by atoms with Gasteiger partial charge in [0.25, 0.3) is 0 Å². The molecule has 3 nitrogen and oxygen atoms in total. The minimum absolute atomic E-state index is 0.201. The van der Waals surface area contributed by atoms with Gasteiger partial charge in [-0.15, -0.1) is 0 Å². The zero-order valence-corrected chi connectivity index (χ0v) is 8.68. The van der Waals surface area contributed by atoms with E-state index in [2.05, 4.69) is 10.8 Å². The molecule has 0 bridgehead atoms. The Balaban J connectivity index is 2.93. The summed E-state index contributed by atoms with van der Waals surface area (Å²) in [4.78, 5) is 0. The minimum Gasteiger partial charge on any atom is -0.379 e. The van der Waals surface area contributed by atoms with E-state index in [9.17, 15) is 21.6 Å². The van der Waals surface area contributed by atoms with Gasteiger partial charge in [-0.25, -0.2) is 0 Å². The SMILES string of the molecule is C=CS(=O)(=O)Oc1ccc(C(F)(F)F)cc1. The largest absolute Gasteiger partial charge is 0.416 e. The predicted molar refractivity (Wildman–Crippen MR) is 51.2 cm³/mol. The van der Waals surface area contributed by atoms with E-state index >= 15 is 0 Å². The van der Waals surface area contributed by atoms with Crippen LogP contribution in [0.4, 0.5) is 13.2 Å². The number of benzene rings is 1. The smallest absolute Gasteiger partial charge is 0.379 e. The highest BCUT2D eigenvalue weighted by molar-refractivity contribution is 7.90. The van der Waals surface area contributed by atoms with Crippen LogP contribution in [0.3, 0.4) is 0 Å². The van der Waals surface area contributed by atoms with Gasteiger partial charge in [-0.05, 0) is 24.3 Å². The highest BCUT2D eigenvalue weighted by Crippen LogP contribution is 2.30. The van der Waals surface area contributed by atoms with E-state index < -0.39 is 21.9 Å². The summed E-state index contributed by atoms with van der Waals surface area (Å²) in [7, 11) is -3.94. The van der Waals surface area contributed by atoms with Crippen molar-refractivity contribution in [3.05, 3.63) is 41.8 Å². The van der Waals surface area contributed by atoms with Crippen LogP contribution in [0.2, 0.25) is 0 Å². The van der Waals surface area contributed by atoms with Crippen molar-refractivity contribution in [1.82, 2.24) is 0 Å². The molecule has 0 radical (unpaired) electrons. The molecular formula is C9H7F3O3S. The summed E-state index contributed by atoms with van der Waals surface area (Å²) in [6, 6.07) is 3.30. The lowest BCUT2D eigenvalue weighted by molar-refractivity contribution is -0.137. The van der Waals surface area contributed by atoms with Crippen molar-refractivity contribution in [3.8, 4) is 5.75 Å². The summed E-state index contributed by atoms with van der Waals surface area (Å²) in [5.74, 6) is -0.201. The van der Waals surface area contributed by atoms with Crippen LogP contribution in [0.1, 0.15) is 5.56 Å². The average Bonchev–Trinajstić information content (AvgIpc) is 2.16.